The summed E-state index contributed by atoms with van der Waals surface area (Å²) in [5, 5.41) is -0.0201. The number of hydrogen-bond acceptors (Lipinski definition) is 2. The van der Waals surface area contributed by atoms with Gasteiger partial charge < -0.3 is 4.42 Å². The van der Waals surface area contributed by atoms with Crippen molar-refractivity contribution in [2.24, 2.45) is 0 Å². The van der Waals surface area contributed by atoms with Crippen LogP contribution < -0.4 is 0 Å². The summed E-state index contributed by atoms with van der Waals surface area (Å²) in [5.41, 5.74) is 0. The lowest BCUT2D eigenvalue weighted by Gasteiger charge is -2.06. The molecular weight excluding hydrogens is 326 g/mol. The van der Waals surface area contributed by atoms with E-state index in [0.717, 1.165) is 10.0 Å². The first-order chi connectivity index (χ1) is 7.09. The largest absolute Gasteiger partial charge is 0.461 e. The van der Waals surface area contributed by atoms with E-state index in [2.05, 4.69) is 29.2 Å². The molecular formula is C11H12ClIO2. The smallest absolute Gasteiger partial charge is 0.198 e. The number of furan rings is 1. The van der Waals surface area contributed by atoms with Gasteiger partial charge in [0.05, 0.1) is 6.26 Å². The molecule has 15 heavy (non-hydrogen) atoms. The van der Waals surface area contributed by atoms with Crippen molar-refractivity contribution in [1.82, 2.24) is 0 Å². The van der Waals surface area contributed by atoms with E-state index in [1.165, 1.54) is 6.26 Å². The number of ketones is 1. The predicted octanol–water partition coefficient (Wildman–Crippen LogP) is 4.19. The molecule has 0 aromatic carbocycles. The molecule has 0 saturated heterocycles. The summed E-state index contributed by atoms with van der Waals surface area (Å²) in [6.45, 7) is 3.77. The molecule has 1 aromatic rings. The molecule has 1 aromatic heterocycles. The van der Waals surface area contributed by atoms with Crippen LogP contribution in [0.25, 0.3) is 0 Å². The van der Waals surface area contributed by atoms with Gasteiger partial charge in [0.2, 0.25) is 0 Å². The van der Waals surface area contributed by atoms with E-state index < -0.39 is 0 Å². The SMILES string of the molecule is C=C(I)CC(Cl)CCC(=O)c1ccco1. The second-order valence-electron chi connectivity index (χ2n) is 3.26. The van der Waals surface area contributed by atoms with Crippen LogP contribution in [0.5, 0.6) is 0 Å². The molecule has 0 aliphatic heterocycles. The third-order valence-corrected chi connectivity index (χ3v) is 2.74. The van der Waals surface area contributed by atoms with E-state index >= 15 is 0 Å². The van der Waals surface area contributed by atoms with Gasteiger partial charge in [-0.25, -0.2) is 0 Å². The Labute approximate surface area is 108 Å². The highest BCUT2D eigenvalue weighted by molar-refractivity contribution is 14.1. The number of alkyl halides is 1. The molecule has 1 rings (SSSR count). The number of halogens is 2. The maximum Gasteiger partial charge on any atom is 0.198 e. The predicted molar refractivity (Wildman–Crippen MR) is 69.7 cm³/mol. The number of rotatable bonds is 6. The molecule has 82 valence electrons. The van der Waals surface area contributed by atoms with Crippen LogP contribution in [0.1, 0.15) is 29.8 Å². The van der Waals surface area contributed by atoms with E-state index in [9.17, 15) is 4.79 Å². The molecule has 0 amide bonds. The molecule has 1 unspecified atom stereocenters. The standard InChI is InChI=1S/C11H12ClIO2/c1-8(13)7-9(12)4-5-10(14)11-3-2-6-15-11/h2-3,6,9H,1,4-5,7H2. The summed E-state index contributed by atoms with van der Waals surface area (Å²) in [5.74, 6) is 0.414. The van der Waals surface area contributed by atoms with Crippen molar-refractivity contribution in [1.29, 1.82) is 0 Å². The van der Waals surface area contributed by atoms with Crippen molar-refractivity contribution < 1.29 is 9.21 Å². The number of Topliss-reactive ketones (excluding diaryl/α,β-unsaturated/α-hetero) is 1. The quantitative estimate of drug-likeness (QED) is 0.442. The minimum atomic E-state index is -0.0201. The van der Waals surface area contributed by atoms with Crippen molar-refractivity contribution >= 4 is 40.0 Å². The maximum absolute atomic E-state index is 11.5. The second kappa shape index (κ2) is 6.33. The zero-order valence-electron chi connectivity index (χ0n) is 8.21. The molecule has 0 bridgehead atoms. The lowest BCUT2D eigenvalue weighted by atomic mass is 10.1. The highest BCUT2D eigenvalue weighted by Gasteiger charge is 2.12. The molecule has 0 saturated carbocycles. The van der Waals surface area contributed by atoms with Crippen molar-refractivity contribution in [3.63, 3.8) is 0 Å². The Morgan fingerprint density at radius 1 is 1.67 bits per heavy atom. The molecule has 0 fully saturated rings. The molecule has 0 aliphatic rings. The van der Waals surface area contributed by atoms with Gasteiger partial charge in [0.15, 0.2) is 11.5 Å². The van der Waals surface area contributed by atoms with Crippen LogP contribution in [0.3, 0.4) is 0 Å². The summed E-state index contributed by atoms with van der Waals surface area (Å²) >= 11 is 8.18. The number of carbonyl (C=O) groups excluding carboxylic acids is 1. The summed E-state index contributed by atoms with van der Waals surface area (Å²) in [7, 11) is 0. The molecule has 0 radical (unpaired) electrons. The van der Waals surface area contributed by atoms with E-state index in [0.29, 0.717) is 18.6 Å². The Hall–Kier alpha value is -0.290. The van der Waals surface area contributed by atoms with Gasteiger partial charge in [0.25, 0.3) is 0 Å². The van der Waals surface area contributed by atoms with Crippen LogP contribution in [0, 0.1) is 0 Å². The van der Waals surface area contributed by atoms with Crippen molar-refractivity contribution in [3.8, 4) is 0 Å². The average molecular weight is 339 g/mol. The Bertz CT molecular complexity index is 332. The minimum Gasteiger partial charge on any atom is -0.461 e. The average Bonchev–Trinajstić information content (AvgIpc) is 2.65. The first-order valence-electron chi connectivity index (χ1n) is 4.63. The zero-order valence-corrected chi connectivity index (χ0v) is 11.1. The Morgan fingerprint density at radius 3 is 2.93 bits per heavy atom. The molecule has 1 atom stereocenters. The highest BCUT2D eigenvalue weighted by Crippen LogP contribution is 2.20. The van der Waals surface area contributed by atoms with Gasteiger partial charge in [-0.15, -0.1) is 11.6 Å². The van der Waals surface area contributed by atoms with Gasteiger partial charge in [-0.1, -0.05) is 6.58 Å². The first kappa shape index (κ1) is 12.8. The fourth-order valence-corrected chi connectivity index (χ4v) is 2.28. The topological polar surface area (TPSA) is 30.2 Å². The summed E-state index contributed by atoms with van der Waals surface area (Å²) in [4.78, 5) is 11.5. The third kappa shape index (κ3) is 4.84. The fourth-order valence-electron chi connectivity index (χ4n) is 1.19. The minimum absolute atomic E-state index is 0.00437. The van der Waals surface area contributed by atoms with Gasteiger partial charge in [-0.05, 0) is 51.1 Å². The van der Waals surface area contributed by atoms with Crippen LogP contribution >= 0.6 is 34.2 Å². The Morgan fingerprint density at radius 2 is 2.40 bits per heavy atom. The van der Waals surface area contributed by atoms with E-state index in [-0.39, 0.29) is 11.2 Å². The molecule has 0 spiro atoms. The molecule has 0 aliphatic carbocycles. The number of carbonyl (C=O) groups is 1. The number of hydrogen-bond donors (Lipinski definition) is 0. The van der Waals surface area contributed by atoms with Crippen molar-refractivity contribution in [2.75, 3.05) is 0 Å². The van der Waals surface area contributed by atoms with Crippen LogP contribution in [0.4, 0.5) is 0 Å². The Kier molecular flexibility index (Phi) is 5.39. The fraction of sp³-hybridized carbons (Fsp3) is 0.364. The lowest BCUT2D eigenvalue weighted by Crippen LogP contribution is -2.04. The summed E-state index contributed by atoms with van der Waals surface area (Å²) in [6, 6.07) is 3.38. The van der Waals surface area contributed by atoms with E-state index in [1.807, 2.05) is 0 Å². The van der Waals surface area contributed by atoms with Crippen LogP contribution in [0.2, 0.25) is 0 Å². The van der Waals surface area contributed by atoms with Gasteiger partial charge in [-0.2, -0.15) is 0 Å². The molecule has 0 N–H and O–H groups in total. The van der Waals surface area contributed by atoms with E-state index in [4.69, 9.17) is 16.0 Å². The maximum atomic E-state index is 11.5. The van der Waals surface area contributed by atoms with E-state index in [1.54, 1.807) is 12.1 Å². The third-order valence-electron chi connectivity index (χ3n) is 1.92. The molecule has 4 heteroatoms. The first-order valence-corrected chi connectivity index (χ1v) is 6.15. The lowest BCUT2D eigenvalue weighted by molar-refractivity contribution is 0.0953. The van der Waals surface area contributed by atoms with Gasteiger partial charge in [-0.3, -0.25) is 4.79 Å². The van der Waals surface area contributed by atoms with Crippen LogP contribution in [-0.2, 0) is 0 Å². The highest BCUT2D eigenvalue weighted by atomic mass is 127. The normalized spacial score (nSPS) is 12.4. The van der Waals surface area contributed by atoms with Crippen LogP contribution in [0.15, 0.2) is 33.0 Å². The summed E-state index contributed by atoms with van der Waals surface area (Å²) in [6.07, 6.45) is 3.32. The van der Waals surface area contributed by atoms with Crippen LogP contribution in [-0.4, -0.2) is 11.2 Å². The molecule has 1 heterocycles. The van der Waals surface area contributed by atoms with Crippen molar-refractivity contribution in [3.05, 3.63) is 34.3 Å². The molecule has 2 nitrogen and oxygen atoms in total. The Balaban J connectivity index is 2.31. The van der Waals surface area contributed by atoms with Gasteiger partial charge in [0, 0.05) is 11.8 Å². The monoisotopic (exact) mass is 338 g/mol. The van der Waals surface area contributed by atoms with Gasteiger partial charge in [0.1, 0.15) is 0 Å². The second-order valence-corrected chi connectivity index (χ2v) is 5.40. The number of allylic oxidation sites excluding steroid dienone is 1. The van der Waals surface area contributed by atoms with Crippen molar-refractivity contribution in [2.45, 2.75) is 24.6 Å². The zero-order chi connectivity index (χ0) is 11.3. The van der Waals surface area contributed by atoms with Gasteiger partial charge >= 0.3 is 0 Å². The summed E-state index contributed by atoms with van der Waals surface area (Å²) < 4.78 is 6.01.